The van der Waals surface area contributed by atoms with E-state index in [1.165, 1.54) is 0 Å². The van der Waals surface area contributed by atoms with E-state index in [1.54, 1.807) is 0 Å². The van der Waals surface area contributed by atoms with Gasteiger partial charge in [0.15, 0.2) is 0 Å². The molecular formula is C9H11N3O2. The SMILES string of the molecule is O=C1NC(=NC2CC=CCC2)NC1=O. The average molecular weight is 193 g/mol. The van der Waals surface area contributed by atoms with Gasteiger partial charge in [-0.25, -0.2) is 4.99 Å². The first-order chi connectivity index (χ1) is 6.75. The highest BCUT2D eigenvalue weighted by Gasteiger charge is 2.25. The van der Waals surface area contributed by atoms with E-state index in [0.717, 1.165) is 19.3 Å². The van der Waals surface area contributed by atoms with Gasteiger partial charge in [0.25, 0.3) is 0 Å². The van der Waals surface area contributed by atoms with Gasteiger partial charge in [-0.2, -0.15) is 0 Å². The quantitative estimate of drug-likeness (QED) is 0.443. The minimum Gasteiger partial charge on any atom is -0.288 e. The Morgan fingerprint density at radius 3 is 2.50 bits per heavy atom. The lowest BCUT2D eigenvalue weighted by molar-refractivity contribution is -0.135. The van der Waals surface area contributed by atoms with E-state index in [4.69, 9.17) is 0 Å². The molecule has 2 N–H and O–H groups in total. The molecule has 0 radical (unpaired) electrons. The van der Waals surface area contributed by atoms with Gasteiger partial charge in [0.1, 0.15) is 0 Å². The van der Waals surface area contributed by atoms with Gasteiger partial charge in [0.05, 0.1) is 6.04 Å². The molecule has 2 amide bonds. The van der Waals surface area contributed by atoms with E-state index in [2.05, 4.69) is 27.8 Å². The Labute approximate surface area is 81.3 Å². The number of carbonyl (C=O) groups is 2. The Hall–Kier alpha value is -1.65. The van der Waals surface area contributed by atoms with Crippen molar-refractivity contribution in [3.05, 3.63) is 12.2 Å². The number of hydrogen-bond donors (Lipinski definition) is 2. The molecule has 0 aromatic carbocycles. The maximum absolute atomic E-state index is 10.8. The monoisotopic (exact) mass is 193 g/mol. The number of amides is 2. The number of nitrogens with zero attached hydrogens (tertiary/aromatic N) is 1. The van der Waals surface area contributed by atoms with Gasteiger partial charge in [-0.3, -0.25) is 20.2 Å². The van der Waals surface area contributed by atoms with Crippen LogP contribution >= 0.6 is 0 Å². The molecule has 5 heteroatoms. The second kappa shape index (κ2) is 3.61. The number of hydrogen-bond acceptors (Lipinski definition) is 3. The minimum absolute atomic E-state index is 0.175. The second-order valence-corrected chi connectivity index (χ2v) is 3.32. The van der Waals surface area contributed by atoms with Gasteiger partial charge in [0, 0.05) is 0 Å². The van der Waals surface area contributed by atoms with E-state index in [1.807, 2.05) is 0 Å². The van der Waals surface area contributed by atoms with Crippen LogP contribution in [-0.2, 0) is 9.59 Å². The lowest BCUT2D eigenvalue weighted by Crippen LogP contribution is -2.28. The largest absolute Gasteiger partial charge is 0.316 e. The number of allylic oxidation sites excluding steroid dienone is 1. The molecule has 1 aliphatic heterocycles. The van der Waals surface area contributed by atoms with E-state index in [-0.39, 0.29) is 6.04 Å². The summed E-state index contributed by atoms with van der Waals surface area (Å²) in [5.74, 6) is -0.967. The third-order valence-corrected chi connectivity index (χ3v) is 2.22. The first-order valence-corrected chi connectivity index (χ1v) is 4.61. The van der Waals surface area contributed by atoms with Crippen molar-refractivity contribution in [2.24, 2.45) is 4.99 Å². The molecule has 0 spiro atoms. The molecule has 0 bridgehead atoms. The fraction of sp³-hybridized carbons (Fsp3) is 0.444. The lowest BCUT2D eigenvalue weighted by atomic mass is 10.0. The minimum atomic E-state index is -0.630. The van der Waals surface area contributed by atoms with Crippen LogP contribution in [0.3, 0.4) is 0 Å². The van der Waals surface area contributed by atoms with E-state index in [0.29, 0.717) is 5.96 Å². The van der Waals surface area contributed by atoms with Gasteiger partial charge >= 0.3 is 11.8 Å². The molecule has 74 valence electrons. The molecule has 2 rings (SSSR count). The zero-order chi connectivity index (χ0) is 9.97. The highest BCUT2D eigenvalue weighted by Crippen LogP contribution is 2.14. The third-order valence-electron chi connectivity index (χ3n) is 2.22. The lowest BCUT2D eigenvalue weighted by Gasteiger charge is -2.13. The molecule has 1 heterocycles. The predicted octanol–water partition coefficient (Wildman–Crippen LogP) is -0.303. The molecule has 1 aliphatic carbocycles. The summed E-state index contributed by atoms with van der Waals surface area (Å²) in [5, 5.41) is 4.75. The Bertz CT molecular complexity index is 315. The third kappa shape index (κ3) is 1.81. The smallest absolute Gasteiger partial charge is 0.288 e. The normalized spacial score (nSPS) is 26.0. The highest BCUT2D eigenvalue weighted by molar-refractivity contribution is 6.45. The molecular weight excluding hydrogens is 182 g/mol. The molecule has 1 unspecified atom stereocenters. The topological polar surface area (TPSA) is 70.6 Å². The van der Waals surface area contributed by atoms with E-state index >= 15 is 0 Å². The first kappa shape index (κ1) is 8.93. The van der Waals surface area contributed by atoms with Crippen LogP contribution in [0.5, 0.6) is 0 Å². The maximum Gasteiger partial charge on any atom is 0.316 e. The fourth-order valence-electron chi connectivity index (χ4n) is 1.50. The molecule has 1 saturated heterocycles. The van der Waals surface area contributed by atoms with Crippen LogP contribution in [0, 0.1) is 0 Å². The van der Waals surface area contributed by atoms with Crippen molar-refractivity contribution in [3.63, 3.8) is 0 Å². The molecule has 1 atom stereocenters. The Balaban J connectivity index is 2.01. The summed E-state index contributed by atoms with van der Waals surface area (Å²) in [6.45, 7) is 0. The Morgan fingerprint density at radius 1 is 1.21 bits per heavy atom. The van der Waals surface area contributed by atoms with Crippen LogP contribution in [0.1, 0.15) is 19.3 Å². The predicted molar refractivity (Wildman–Crippen MR) is 50.5 cm³/mol. The number of nitrogens with one attached hydrogen (secondary N) is 2. The zero-order valence-corrected chi connectivity index (χ0v) is 7.62. The van der Waals surface area contributed by atoms with Crippen LogP contribution < -0.4 is 10.6 Å². The molecule has 0 aromatic heterocycles. The van der Waals surface area contributed by atoms with Crippen molar-refractivity contribution in [2.45, 2.75) is 25.3 Å². The maximum atomic E-state index is 10.8. The summed E-state index contributed by atoms with van der Waals surface area (Å²) in [6.07, 6.45) is 7.02. The molecule has 0 aromatic rings. The first-order valence-electron chi connectivity index (χ1n) is 4.61. The van der Waals surface area contributed by atoms with Crippen LogP contribution in [0.15, 0.2) is 17.1 Å². The number of guanidine groups is 1. The molecule has 2 aliphatic rings. The molecule has 5 nitrogen and oxygen atoms in total. The molecule has 1 fully saturated rings. The summed E-state index contributed by atoms with van der Waals surface area (Å²) < 4.78 is 0. The number of carbonyl (C=O) groups excluding carboxylic acids is 2. The average Bonchev–Trinajstić information content (AvgIpc) is 2.47. The van der Waals surface area contributed by atoms with Gasteiger partial charge in [-0.1, -0.05) is 12.2 Å². The summed E-state index contributed by atoms with van der Waals surface area (Å²) in [4.78, 5) is 25.9. The van der Waals surface area contributed by atoms with Gasteiger partial charge in [-0.15, -0.1) is 0 Å². The van der Waals surface area contributed by atoms with Crippen LogP contribution in [0.25, 0.3) is 0 Å². The van der Waals surface area contributed by atoms with Crippen molar-refractivity contribution in [2.75, 3.05) is 0 Å². The highest BCUT2D eigenvalue weighted by atomic mass is 16.2. The summed E-state index contributed by atoms with van der Waals surface area (Å²) in [7, 11) is 0. The molecule has 14 heavy (non-hydrogen) atoms. The van der Waals surface area contributed by atoms with Crippen LogP contribution in [-0.4, -0.2) is 23.8 Å². The number of aliphatic imine (C=N–C) groups is 1. The van der Waals surface area contributed by atoms with Gasteiger partial charge < -0.3 is 0 Å². The van der Waals surface area contributed by atoms with E-state index < -0.39 is 11.8 Å². The van der Waals surface area contributed by atoms with Gasteiger partial charge in [0.2, 0.25) is 5.96 Å². The van der Waals surface area contributed by atoms with Crippen molar-refractivity contribution >= 4 is 17.8 Å². The van der Waals surface area contributed by atoms with Crippen LogP contribution in [0.4, 0.5) is 0 Å². The second-order valence-electron chi connectivity index (χ2n) is 3.32. The van der Waals surface area contributed by atoms with Gasteiger partial charge in [-0.05, 0) is 19.3 Å². The van der Waals surface area contributed by atoms with E-state index in [9.17, 15) is 9.59 Å². The van der Waals surface area contributed by atoms with Crippen molar-refractivity contribution < 1.29 is 9.59 Å². The fourth-order valence-corrected chi connectivity index (χ4v) is 1.50. The van der Waals surface area contributed by atoms with Crippen molar-refractivity contribution in [1.29, 1.82) is 0 Å². The Morgan fingerprint density at radius 2 is 1.93 bits per heavy atom. The Kier molecular flexibility index (Phi) is 2.30. The van der Waals surface area contributed by atoms with Crippen molar-refractivity contribution in [3.8, 4) is 0 Å². The zero-order valence-electron chi connectivity index (χ0n) is 7.62. The summed E-state index contributed by atoms with van der Waals surface area (Å²) in [5.41, 5.74) is 0. The summed E-state index contributed by atoms with van der Waals surface area (Å²) >= 11 is 0. The standard InChI is InChI=1S/C9H11N3O2/c13-7-8(14)12-9(11-7)10-6-4-2-1-3-5-6/h1-2,6H,3-5H2,(H2,10,11,12,13,14). The number of rotatable bonds is 1. The van der Waals surface area contributed by atoms with Crippen LogP contribution in [0.2, 0.25) is 0 Å². The van der Waals surface area contributed by atoms with Crippen molar-refractivity contribution in [1.82, 2.24) is 10.6 Å². The summed E-state index contributed by atoms with van der Waals surface area (Å²) in [6, 6.07) is 0.175. The molecule has 0 saturated carbocycles.